The highest BCUT2D eigenvalue weighted by Crippen LogP contribution is 2.42. The Morgan fingerprint density at radius 3 is 2.59 bits per heavy atom. The van der Waals surface area contributed by atoms with E-state index in [1.807, 2.05) is 79.7 Å². The maximum atomic E-state index is 12.4. The number of nitrogens with two attached hydrogens (primary N) is 1. The van der Waals surface area contributed by atoms with E-state index in [0.29, 0.717) is 12.1 Å². The highest BCUT2D eigenvalue weighted by atomic mass is 32.2. The molecule has 7 heteroatoms. The van der Waals surface area contributed by atoms with Gasteiger partial charge in [0.15, 0.2) is 6.10 Å². The van der Waals surface area contributed by atoms with E-state index < -0.39 is 12.2 Å². The molecule has 0 bridgehead atoms. The first kappa shape index (κ1) is 21.8. The van der Waals surface area contributed by atoms with Crippen LogP contribution < -0.4 is 15.8 Å². The van der Waals surface area contributed by atoms with Crippen LogP contribution in [0.2, 0.25) is 0 Å². The Hall–Kier alpha value is -3.45. The van der Waals surface area contributed by atoms with E-state index in [1.54, 1.807) is 11.8 Å². The minimum atomic E-state index is -0.538. The summed E-state index contributed by atoms with van der Waals surface area (Å²) in [5, 5.41) is 10.4. The van der Waals surface area contributed by atoms with Gasteiger partial charge in [-0.15, -0.1) is 11.8 Å². The molecule has 4 rings (SSSR count). The van der Waals surface area contributed by atoms with Crippen molar-refractivity contribution in [1.82, 2.24) is 0 Å². The van der Waals surface area contributed by atoms with Crippen LogP contribution in [0.5, 0.6) is 5.75 Å². The standard InChI is InChI=1S/C25H25N3O3S/c1-16-10-12-18(13-11-16)28-25(29)30-15-21(17-6-3-2-4-7-17)31-20-8-5-9-22-19(20)14-23(32-22)24(26)27/h2-13,21,23H,14-15H2,1H3,(H3,26,27)(H,28,29). The smallest absolute Gasteiger partial charge is 0.411 e. The van der Waals surface area contributed by atoms with Crippen molar-refractivity contribution in [3.05, 3.63) is 89.5 Å². The maximum absolute atomic E-state index is 12.4. The van der Waals surface area contributed by atoms with Crippen LogP contribution in [0, 0.1) is 12.3 Å². The molecule has 3 aromatic carbocycles. The highest BCUT2D eigenvalue weighted by Gasteiger charge is 2.28. The van der Waals surface area contributed by atoms with Crippen LogP contribution in [-0.4, -0.2) is 23.8 Å². The number of nitrogens with one attached hydrogen (secondary N) is 2. The summed E-state index contributed by atoms with van der Waals surface area (Å²) in [6, 6.07) is 23.0. The zero-order valence-electron chi connectivity index (χ0n) is 17.7. The summed E-state index contributed by atoms with van der Waals surface area (Å²) in [7, 11) is 0. The molecule has 164 valence electrons. The van der Waals surface area contributed by atoms with E-state index in [9.17, 15) is 4.79 Å². The van der Waals surface area contributed by atoms with Gasteiger partial charge in [0.2, 0.25) is 0 Å². The van der Waals surface area contributed by atoms with Crippen molar-refractivity contribution in [3.8, 4) is 5.75 Å². The molecule has 32 heavy (non-hydrogen) atoms. The molecule has 0 aromatic heterocycles. The van der Waals surface area contributed by atoms with E-state index in [4.69, 9.17) is 20.6 Å². The molecule has 1 aliphatic rings. The Bertz CT molecular complexity index is 1100. The zero-order valence-corrected chi connectivity index (χ0v) is 18.5. The molecule has 3 aromatic rings. The molecule has 6 nitrogen and oxygen atoms in total. The summed E-state index contributed by atoms with van der Waals surface area (Å²) in [6.07, 6.45) is -0.376. The molecule has 0 aliphatic carbocycles. The number of rotatable bonds is 7. The lowest BCUT2D eigenvalue weighted by molar-refractivity contribution is 0.0893. The van der Waals surface area contributed by atoms with Gasteiger partial charge < -0.3 is 15.2 Å². The number of carbonyl (C=O) groups excluding carboxylic acids is 1. The van der Waals surface area contributed by atoms with E-state index in [0.717, 1.165) is 27.3 Å². The first-order valence-electron chi connectivity index (χ1n) is 10.3. The number of benzene rings is 3. The fourth-order valence-corrected chi connectivity index (χ4v) is 4.65. The SMILES string of the molecule is Cc1ccc(NC(=O)OCC(Oc2cccc3c2CC(C(=N)N)S3)c2ccccc2)cc1. The van der Waals surface area contributed by atoms with Crippen LogP contribution >= 0.6 is 11.8 Å². The third-order valence-electron chi connectivity index (χ3n) is 5.20. The topological polar surface area (TPSA) is 97.4 Å². The second-order valence-corrected chi connectivity index (χ2v) is 8.85. The van der Waals surface area contributed by atoms with Crippen LogP contribution in [0.15, 0.2) is 77.7 Å². The molecule has 0 spiro atoms. The van der Waals surface area contributed by atoms with Crippen LogP contribution in [0.25, 0.3) is 0 Å². The van der Waals surface area contributed by atoms with Crippen LogP contribution in [0.1, 0.15) is 22.8 Å². The summed E-state index contributed by atoms with van der Waals surface area (Å²) in [4.78, 5) is 13.4. The average Bonchev–Trinajstić information content (AvgIpc) is 3.24. The fourth-order valence-electron chi connectivity index (χ4n) is 3.48. The Morgan fingerprint density at radius 2 is 1.88 bits per heavy atom. The number of hydrogen-bond donors (Lipinski definition) is 3. The minimum Gasteiger partial charge on any atom is -0.482 e. The highest BCUT2D eigenvalue weighted by molar-refractivity contribution is 8.01. The van der Waals surface area contributed by atoms with Crippen molar-refractivity contribution < 1.29 is 14.3 Å². The van der Waals surface area contributed by atoms with Crippen molar-refractivity contribution in [2.24, 2.45) is 5.73 Å². The summed E-state index contributed by atoms with van der Waals surface area (Å²) in [5.74, 6) is 0.878. The van der Waals surface area contributed by atoms with Crippen molar-refractivity contribution >= 4 is 29.4 Å². The van der Waals surface area contributed by atoms with Gasteiger partial charge in [0.1, 0.15) is 18.2 Å². The van der Waals surface area contributed by atoms with Gasteiger partial charge in [-0.25, -0.2) is 4.79 Å². The molecule has 0 saturated heterocycles. The number of hydrogen-bond acceptors (Lipinski definition) is 5. The summed E-state index contributed by atoms with van der Waals surface area (Å²) >= 11 is 1.58. The lowest BCUT2D eigenvalue weighted by Gasteiger charge is -2.21. The van der Waals surface area contributed by atoms with E-state index in [-0.39, 0.29) is 17.7 Å². The average molecular weight is 448 g/mol. The first-order valence-corrected chi connectivity index (χ1v) is 11.2. The second-order valence-electron chi connectivity index (χ2n) is 7.61. The molecule has 0 radical (unpaired) electrons. The van der Waals surface area contributed by atoms with Crippen LogP contribution in [-0.2, 0) is 11.2 Å². The number of amides is 1. The van der Waals surface area contributed by atoms with Gasteiger partial charge in [0, 0.05) is 16.1 Å². The summed E-state index contributed by atoms with van der Waals surface area (Å²) in [6.45, 7) is 2.04. The predicted molar refractivity (Wildman–Crippen MR) is 128 cm³/mol. The van der Waals surface area contributed by atoms with Gasteiger partial charge >= 0.3 is 6.09 Å². The number of anilines is 1. The van der Waals surface area contributed by atoms with Gasteiger partial charge in [-0.1, -0.05) is 54.1 Å². The van der Waals surface area contributed by atoms with Gasteiger partial charge in [0.05, 0.1) is 5.25 Å². The van der Waals surface area contributed by atoms with E-state index >= 15 is 0 Å². The Kier molecular flexibility index (Phi) is 6.66. The minimum absolute atomic E-state index is 0.0503. The third kappa shape index (κ3) is 5.23. The monoisotopic (exact) mass is 447 g/mol. The van der Waals surface area contributed by atoms with Crippen molar-refractivity contribution in [1.29, 1.82) is 5.41 Å². The Balaban J connectivity index is 1.48. The lowest BCUT2D eigenvalue weighted by atomic mass is 10.1. The van der Waals surface area contributed by atoms with Gasteiger partial charge in [-0.2, -0.15) is 0 Å². The Labute approximate surface area is 191 Å². The molecular weight excluding hydrogens is 422 g/mol. The third-order valence-corrected chi connectivity index (χ3v) is 6.54. The van der Waals surface area contributed by atoms with Crippen LogP contribution in [0.3, 0.4) is 0 Å². The van der Waals surface area contributed by atoms with Crippen LogP contribution in [0.4, 0.5) is 10.5 Å². The number of fused-ring (bicyclic) bond motifs is 1. The predicted octanol–water partition coefficient (Wildman–Crippen LogP) is 5.32. The second kappa shape index (κ2) is 9.78. The molecular formula is C25H25N3O3S. The largest absolute Gasteiger partial charge is 0.482 e. The van der Waals surface area contributed by atoms with E-state index in [2.05, 4.69) is 5.32 Å². The van der Waals surface area contributed by atoms with Gasteiger partial charge in [0.25, 0.3) is 0 Å². The normalized spacial score (nSPS) is 15.5. The molecule has 1 aliphatic heterocycles. The van der Waals surface area contributed by atoms with E-state index in [1.165, 1.54) is 0 Å². The van der Waals surface area contributed by atoms with Crippen molar-refractivity contribution in [3.63, 3.8) is 0 Å². The lowest BCUT2D eigenvalue weighted by Crippen LogP contribution is -2.24. The fraction of sp³-hybridized carbons (Fsp3) is 0.200. The molecule has 2 atom stereocenters. The molecule has 4 N–H and O–H groups in total. The van der Waals surface area contributed by atoms with Gasteiger partial charge in [-0.3, -0.25) is 10.7 Å². The molecule has 0 fully saturated rings. The first-order chi connectivity index (χ1) is 15.5. The molecule has 1 heterocycles. The number of aryl methyl sites for hydroxylation is 1. The molecule has 0 saturated carbocycles. The number of amidine groups is 1. The zero-order chi connectivity index (χ0) is 22.5. The number of thioether (sulfide) groups is 1. The Morgan fingerprint density at radius 1 is 1.12 bits per heavy atom. The summed E-state index contributed by atoms with van der Waals surface area (Å²) < 4.78 is 11.9. The van der Waals surface area contributed by atoms with Crippen molar-refractivity contribution in [2.75, 3.05) is 11.9 Å². The summed E-state index contributed by atoms with van der Waals surface area (Å²) in [5.41, 5.74) is 9.45. The quantitative estimate of drug-likeness (QED) is 0.337. The van der Waals surface area contributed by atoms with Gasteiger partial charge in [-0.05, 0) is 43.2 Å². The number of carbonyl (C=O) groups is 1. The van der Waals surface area contributed by atoms with Crippen molar-refractivity contribution in [2.45, 2.75) is 29.6 Å². The number of ether oxygens (including phenoxy) is 2. The molecule has 1 amide bonds. The molecule has 2 unspecified atom stereocenters. The maximum Gasteiger partial charge on any atom is 0.411 e.